The molecule has 0 radical (unpaired) electrons. The van der Waals surface area contributed by atoms with Gasteiger partial charge in [-0.05, 0) is 26.0 Å². The number of nitrogens with two attached hydrogens (primary N) is 1. The second-order valence-electron chi connectivity index (χ2n) is 5.06. The van der Waals surface area contributed by atoms with Crippen LogP contribution in [-0.2, 0) is 0 Å². The number of nitrogens with one attached hydrogen (secondary N) is 1. The molecule has 1 aromatic carbocycles. The summed E-state index contributed by atoms with van der Waals surface area (Å²) in [5.41, 5.74) is 5.69. The molecule has 1 aromatic heterocycles. The highest BCUT2D eigenvalue weighted by molar-refractivity contribution is 5.95. The van der Waals surface area contributed by atoms with Gasteiger partial charge in [0.25, 0.3) is 0 Å². The van der Waals surface area contributed by atoms with Crippen LogP contribution >= 0.6 is 0 Å². The minimum Gasteiger partial charge on any atom is -0.496 e. The van der Waals surface area contributed by atoms with Crippen molar-refractivity contribution >= 4 is 16.6 Å². The Bertz CT molecular complexity index is 546. The Morgan fingerprint density at radius 3 is 2.72 bits per heavy atom. The lowest BCUT2D eigenvalue weighted by atomic mass is 10.1. The molecule has 4 nitrogen and oxygen atoms in total. The number of anilines is 1. The van der Waals surface area contributed by atoms with Gasteiger partial charge in [-0.15, -0.1) is 0 Å². The molecule has 0 bridgehead atoms. The van der Waals surface area contributed by atoms with Crippen molar-refractivity contribution in [2.45, 2.75) is 19.4 Å². The fourth-order valence-corrected chi connectivity index (χ4v) is 1.81. The maximum absolute atomic E-state index is 5.97. The Labute approximate surface area is 107 Å². The van der Waals surface area contributed by atoms with Crippen LogP contribution in [0.25, 0.3) is 10.8 Å². The van der Waals surface area contributed by atoms with Crippen LogP contribution < -0.4 is 15.8 Å². The molecule has 0 saturated heterocycles. The van der Waals surface area contributed by atoms with Crippen LogP contribution in [-0.4, -0.2) is 24.2 Å². The molecular formula is C14H19N3O. The van der Waals surface area contributed by atoms with Gasteiger partial charge in [-0.25, -0.2) is 4.98 Å². The molecule has 0 amide bonds. The first-order valence-electron chi connectivity index (χ1n) is 5.96. The Morgan fingerprint density at radius 2 is 2.06 bits per heavy atom. The van der Waals surface area contributed by atoms with Crippen molar-refractivity contribution in [1.29, 1.82) is 0 Å². The minimum atomic E-state index is -0.275. The number of benzene rings is 1. The molecule has 0 spiro atoms. The second-order valence-corrected chi connectivity index (χ2v) is 5.06. The van der Waals surface area contributed by atoms with E-state index >= 15 is 0 Å². The summed E-state index contributed by atoms with van der Waals surface area (Å²) in [5.74, 6) is 1.69. The normalized spacial score (nSPS) is 11.6. The summed E-state index contributed by atoms with van der Waals surface area (Å²) in [6.07, 6.45) is 1.77. The molecule has 4 heteroatoms. The van der Waals surface area contributed by atoms with Gasteiger partial charge in [0.1, 0.15) is 11.6 Å². The Hall–Kier alpha value is -1.81. The largest absolute Gasteiger partial charge is 0.496 e. The van der Waals surface area contributed by atoms with Crippen molar-refractivity contribution in [3.05, 3.63) is 30.5 Å². The average Bonchev–Trinajstić information content (AvgIpc) is 2.34. The van der Waals surface area contributed by atoms with Crippen molar-refractivity contribution in [3.63, 3.8) is 0 Å². The summed E-state index contributed by atoms with van der Waals surface area (Å²) in [5, 5.41) is 5.38. The zero-order valence-electron chi connectivity index (χ0n) is 11.0. The molecular weight excluding hydrogens is 226 g/mol. The van der Waals surface area contributed by atoms with E-state index in [4.69, 9.17) is 10.5 Å². The van der Waals surface area contributed by atoms with Gasteiger partial charge < -0.3 is 15.8 Å². The smallest absolute Gasteiger partial charge is 0.134 e. The predicted molar refractivity (Wildman–Crippen MR) is 75.1 cm³/mol. The molecule has 96 valence electrons. The van der Waals surface area contributed by atoms with E-state index in [0.29, 0.717) is 6.54 Å². The van der Waals surface area contributed by atoms with E-state index in [0.717, 1.165) is 22.3 Å². The van der Waals surface area contributed by atoms with Crippen LogP contribution in [0.2, 0.25) is 0 Å². The van der Waals surface area contributed by atoms with Gasteiger partial charge in [-0.3, -0.25) is 0 Å². The van der Waals surface area contributed by atoms with E-state index < -0.39 is 0 Å². The quantitative estimate of drug-likeness (QED) is 0.868. The summed E-state index contributed by atoms with van der Waals surface area (Å²) < 4.78 is 5.35. The minimum absolute atomic E-state index is 0.275. The summed E-state index contributed by atoms with van der Waals surface area (Å²) in [4.78, 5) is 4.36. The number of hydrogen-bond acceptors (Lipinski definition) is 4. The first kappa shape index (κ1) is 12.6. The lowest BCUT2D eigenvalue weighted by molar-refractivity contribution is 0.420. The summed E-state index contributed by atoms with van der Waals surface area (Å²) >= 11 is 0. The van der Waals surface area contributed by atoms with E-state index in [1.54, 1.807) is 13.3 Å². The fourth-order valence-electron chi connectivity index (χ4n) is 1.81. The molecule has 2 aromatic rings. The van der Waals surface area contributed by atoms with Gasteiger partial charge in [0.2, 0.25) is 0 Å². The highest BCUT2D eigenvalue weighted by atomic mass is 16.5. The first-order valence-corrected chi connectivity index (χ1v) is 5.96. The molecule has 0 aliphatic carbocycles. The van der Waals surface area contributed by atoms with Gasteiger partial charge in [0, 0.05) is 29.1 Å². The van der Waals surface area contributed by atoms with Gasteiger partial charge in [-0.2, -0.15) is 0 Å². The van der Waals surface area contributed by atoms with Gasteiger partial charge in [0.15, 0.2) is 0 Å². The van der Waals surface area contributed by atoms with Crippen LogP contribution in [0, 0.1) is 0 Å². The van der Waals surface area contributed by atoms with E-state index in [1.165, 1.54) is 0 Å². The van der Waals surface area contributed by atoms with Gasteiger partial charge in [0.05, 0.1) is 7.11 Å². The summed E-state index contributed by atoms with van der Waals surface area (Å²) in [6, 6.07) is 7.88. The van der Waals surface area contributed by atoms with Crippen molar-refractivity contribution < 1.29 is 4.74 Å². The Balaban J connectivity index is 2.40. The Morgan fingerprint density at radius 1 is 1.28 bits per heavy atom. The number of hydrogen-bond donors (Lipinski definition) is 2. The number of rotatable bonds is 4. The van der Waals surface area contributed by atoms with Crippen LogP contribution in [0.15, 0.2) is 30.5 Å². The second kappa shape index (κ2) is 4.82. The van der Waals surface area contributed by atoms with Gasteiger partial charge in [-0.1, -0.05) is 12.1 Å². The molecule has 0 aliphatic rings. The van der Waals surface area contributed by atoms with Crippen molar-refractivity contribution in [2.75, 3.05) is 19.0 Å². The molecule has 2 rings (SSSR count). The molecule has 0 unspecified atom stereocenters. The lowest BCUT2D eigenvalue weighted by Crippen LogP contribution is -2.39. The highest BCUT2D eigenvalue weighted by Crippen LogP contribution is 2.28. The molecule has 0 aliphatic heterocycles. The van der Waals surface area contributed by atoms with E-state index in [9.17, 15) is 0 Å². The molecule has 3 N–H and O–H groups in total. The van der Waals surface area contributed by atoms with Crippen molar-refractivity contribution in [1.82, 2.24) is 4.98 Å². The summed E-state index contributed by atoms with van der Waals surface area (Å²) in [7, 11) is 1.67. The fraction of sp³-hybridized carbons (Fsp3) is 0.357. The number of nitrogens with zero attached hydrogens (tertiary/aromatic N) is 1. The maximum atomic E-state index is 5.97. The SMILES string of the molecule is COc1cccc2c(NCC(C)(C)N)nccc12. The monoisotopic (exact) mass is 245 g/mol. The Kier molecular flexibility index (Phi) is 3.39. The number of aromatic nitrogens is 1. The van der Waals surface area contributed by atoms with Crippen molar-refractivity contribution in [2.24, 2.45) is 5.73 Å². The number of pyridine rings is 1. The van der Waals surface area contributed by atoms with Crippen LogP contribution in [0.3, 0.4) is 0 Å². The number of fused-ring (bicyclic) bond motifs is 1. The molecule has 0 saturated carbocycles. The van der Waals surface area contributed by atoms with Crippen LogP contribution in [0.1, 0.15) is 13.8 Å². The van der Waals surface area contributed by atoms with Crippen LogP contribution in [0.4, 0.5) is 5.82 Å². The number of methoxy groups -OCH3 is 1. The third kappa shape index (κ3) is 2.71. The van der Waals surface area contributed by atoms with Crippen molar-refractivity contribution in [3.8, 4) is 5.75 Å². The molecule has 0 fully saturated rings. The predicted octanol–water partition coefficient (Wildman–Crippen LogP) is 2.39. The lowest BCUT2D eigenvalue weighted by Gasteiger charge is -2.20. The maximum Gasteiger partial charge on any atom is 0.134 e. The topological polar surface area (TPSA) is 60.2 Å². The van der Waals surface area contributed by atoms with Crippen LogP contribution in [0.5, 0.6) is 5.75 Å². The average molecular weight is 245 g/mol. The highest BCUT2D eigenvalue weighted by Gasteiger charge is 2.12. The third-order valence-corrected chi connectivity index (χ3v) is 2.70. The zero-order chi connectivity index (χ0) is 13.2. The van der Waals surface area contributed by atoms with E-state index in [2.05, 4.69) is 10.3 Å². The van der Waals surface area contributed by atoms with E-state index in [-0.39, 0.29) is 5.54 Å². The molecule has 0 atom stereocenters. The van der Waals surface area contributed by atoms with E-state index in [1.807, 2.05) is 38.1 Å². The first-order chi connectivity index (χ1) is 8.51. The summed E-state index contributed by atoms with van der Waals surface area (Å²) in [6.45, 7) is 4.62. The van der Waals surface area contributed by atoms with Gasteiger partial charge >= 0.3 is 0 Å². The third-order valence-electron chi connectivity index (χ3n) is 2.70. The number of ether oxygens (including phenoxy) is 1. The zero-order valence-corrected chi connectivity index (χ0v) is 11.0. The molecule has 1 heterocycles. The standard InChI is InChI=1S/C14H19N3O/c1-14(2,15)9-17-13-11-5-4-6-12(18-3)10(11)7-8-16-13/h4-8H,9,15H2,1-3H3,(H,16,17). The molecule has 18 heavy (non-hydrogen) atoms.